The van der Waals surface area contributed by atoms with Gasteiger partial charge in [0.15, 0.2) is 12.1 Å². The summed E-state index contributed by atoms with van der Waals surface area (Å²) in [5, 5.41) is 15.9. The van der Waals surface area contributed by atoms with E-state index in [0.29, 0.717) is 12.4 Å². The first kappa shape index (κ1) is 28.6. The van der Waals surface area contributed by atoms with Crippen LogP contribution in [0, 0.1) is 0 Å². The molecule has 240 valence electrons. The fourth-order valence-electron chi connectivity index (χ4n) is 7.44. The van der Waals surface area contributed by atoms with Gasteiger partial charge in [-0.3, -0.25) is 5.32 Å². The van der Waals surface area contributed by atoms with Crippen molar-refractivity contribution < 1.29 is 0 Å². The fourth-order valence-corrected chi connectivity index (χ4v) is 7.44. The number of hydrogen-bond acceptors (Lipinski definition) is 5. The highest BCUT2D eigenvalue weighted by Crippen LogP contribution is 2.36. The van der Waals surface area contributed by atoms with Crippen LogP contribution in [-0.4, -0.2) is 27.8 Å². The van der Waals surface area contributed by atoms with Crippen LogP contribution in [0.4, 0.5) is 0 Å². The summed E-state index contributed by atoms with van der Waals surface area (Å²) in [4.78, 5) is 13.6. The van der Waals surface area contributed by atoms with E-state index in [2.05, 4.69) is 141 Å². The molecule has 50 heavy (non-hydrogen) atoms. The molecule has 0 aliphatic carbocycles. The number of para-hydroxylation sites is 2. The molecular weight excluding hydrogens is 615 g/mol. The molecule has 2 unspecified atom stereocenters. The number of aromatic amines is 1. The number of amidine groups is 2. The zero-order valence-corrected chi connectivity index (χ0v) is 27.1. The maximum Gasteiger partial charge on any atom is 0.159 e. The minimum Gasteiger partial charge on any atom is -0.358 e. The molecule has 0 saturated heterocycles. The van der Waals surface area contributed by atoms with E-state index in [1.807, 2.05) is 36.4 Å². The molecule has 2 aromatic heterocycles. The van der Waals surface area contributed by atoms with Crippen molar-refractivity contribution in [3.8, 4) is 11.1 Å². The minimum absolute atomic E-state index is 0.153. The molecule has 0 bridgehead atoms. The molecule has 2 atom stereocenters. The molecule has 0 saturated carbocycles. The Hall–Kier alpha value is -6.44. The maximum atomic E-state index is 5.07. The van der Waals surface area contributed by atoms with Gasteiger partial charge in [-0.05, 0) is 53.1 Å². The smallest absolute Gasteiger partial charge is 0.159 e. The molecule has 8 aromatic rings. The van der Waals surface area contributed by atoms with E-state index in [1.165, 1.54) is 38.2 Å². The first-order chi connectivity index (χ1) is 24.8. The monoisotopic (exact) mass is 647 g/mol. The number of rotatable bonds is 5. The minimum atomic E-state index is -0.235. The zero-order chi connectivity index (χ0) is 33.0. The van der Waals surface area contributed by atoms with Crippen LogP contribution in [0.25, 0.3) is 54.7 Å². The molecule has 2 aliphatic heterocycles. The predicted octanol–water partition coefficient (Wildman–Crippen LogP) is 8.78. The average Bonchev–Trinajstić information content (AvgIpc) is 3.73. The second kappa shape index (κ2) is 11.6. The first-order valence-electron chi connectivity index (χ1n) is 17.0. The Labute approximate surface area is 288 Å². The SMILES string of the molecule is C1=C(C2=NC(c3ccccc3)NC(c3ccccc3)=N2)CNC(n2c3ccccc3c3cc(-c4ccc5[nH]c6ccccc6c5c4)ccc32)N1. The van der Waals surface area contributed by atoms with Gasteiger partial charge in [0.05, 0.1) is 11.0 Å². The number of fused-ring (bicyclic) bond motifs is 6. The standard InChI is InChI=1S/C43H33N7/c1-3-11-27(12-4-1)40-47-41(28-13-5-2-6-14-28)49-42(48-40)31-25-44-43(45-26-31)50-38-18-10-8-16-33(38)35-24-30(20-22-39(35)50)29-19-21-37-34(23-29)32-15-7-9-17-36(32)46-37/h1-25,40,43-46H,26H2,(H,47,48,49). The van der Waals surface area contributed by atoms with E-state index in [1.54, 1.807) is 0 Å². The van der Waals surface area contributed by atoms with Gasteiger partial charge < -0.3 is 20.2 Å². The Morgan fingerprint density at radius 1 is 0.580 bits per heavy atom. The Morgan fingerprint density at radius 3 is 2.08 bits per heavy atom. The first-order valence-corrected chi connectivity index (χ1v) is 17.0. The van der Waals surface area contributed by atoms with Gasteiger partial charge in [0, 0.05) is 56.5 Å². The van der Waals surface area contributed by atoms with Gasteiger partial charge in [0.2, 0.25) is 0 Å². The molecule has 7 heteroatoms. The van der Waals surface area contributed by atoms with E-state index in [-0.39, 0.29) is 12.5 Å². The van der Waals surface area contributed by atoms with Crippen molar-refractivity contribution in [2.75, 3.05) is 6.54 Å². The highest BCUT2D eigenvalue weighted by Gasteiger charge is 2.26. The van der Waals surface area contributed by atoms with Gasteiger partial charge in [-0.1, -0.05) is 109 Å². The lowest BCUT2D eigenvalue weighted by atomic mass is 10.0. The van der Waals surface area contributed by atoms with Crippen LogP contribution < -0.4 is 16.0 Å². The van der Waals surface area contributed by atoms with Crippen LogP contribution in [0.15, 0.2) is 167 Å². The van der Waals surface area contributed by atoms with Crippen molar-refractivity contribution in [2.24, 2.45) is 9.98 Å². The summed E-state index contributed by atoms with van der Waals surface area (Å²) >= 11 is 0. The predicted molar refractivity (Wildman–Crippen MR) is 205 cm³/mol. The molecule has 0 fully saturated rings. The third-order valence-electron chi connectivity index (χ3n) is 9.90. The Morgan fingerprint density at radius 2 is 1.26 bits per heavy atom. The van der Waals surface area contributed by atoms with E-state index in [4.69, 9.17) is 9.98 Å². The fraction of sp³-hybridized carbons (Fsp3) is 0.0698. The van der Waals surface area contributed by atoms with Crippen LogP contribution in [0.2, 0.25) is 0 Å². The summed E-state index contributed by atoms with van der Waals surface area (Å²) in [6.45, 7) is 0.611. The maximum absolute atomic E-state index is 5.07. The van der Waals surface area contributed by atoms with Gasteiger partial charge in [-0.2, -0.15) is 0 Å². The summed E-state index contributed by atoms with van der Waals surface area (Å²) in [6, 6.07) is 51.3. The Balaban J connectivity index is 1.01. The number of aromatic nitrogens is 2. The van der Waals surface area contributed by atoms with E-state index in [0.717, 1.165) is 39.1 Å². The highest BCUT2D eigenvalue weighted by atomic mass is 15.3. The van der Waals surface area contributed by atoms with Crippen molar-refractivity contribution in [3.05, 3.63) is 168 Å². The third-order valence-corrected chi connectivity index (χ3v) is 9.90. The molecule has 2 aliphatic rings. The van der Waals surface area contributed by atoms with E-state index < -0.39 is 0 Å². The van der Waals surface area contributed by atoms with Gasteiger partial charge in [-0.15, -0.1) is 0 Å². The van der Waals surface area contributed by atoms with Crippen LogP contribution in [0.5, 0.6) is 0 Å². The third kappa shape index (κ3) is 4.78. The van der Waals surface area contributed by atoms with Gasteiger partial charge in [0.25, 0.3) is 0 Å². The second-order valence-corrected chi connectivity index (χ2v) is 12.9. The molecule has 4 N–H and O–H groups in total. The molecule has 4 heterocycles. The molecule has 10 rings (SSSR count). The number of H-pyrrole nitrogens is 1. The van der Waals surface area contributed by atoms with Crippen molar-refractivity contribution in [1.82, 2.24) is 25.5 Å². The van der Waals surface area contributed by atoms with Crippen molar-refractivity contribution in [3.63, 3.8) is 0 Å². The number of nitrogens with zero attached hydrogens (tertiary/aromatic N) is 3. The molecule has 0 spiro atoms. The van der Waals surface area contributed by atoms with Crippen molar-refractivity contribution >= 4 is 55.3 Å². The molecule has 7 nitrogen and oxygen atoms in total. The quantitative estimate of drug-likeness (QED) is 0.151. The van der Waals surface area contributed by atoms with Crippen LogP contribution >= 0.6 is 0 Å². The Kier molecular flexibility index (Phi) is 6.63. The largest absolute Gasteiger partial charge is 0.358 e. The summed E-state index contributed by atoms with van der Waals surface area (Å²) in [7, 11) is 0. The Bertz CT molecular complexity index is 2660. The highest BCUT2D eigenvalue weighted by molar-refractivity contribution is 6.13. The molecule has 6 aromatic carbocycles. The molecular formula is C43H33N7. The van der Waals surface area contributed by atoms with Crippen LogP contribution in [0.1, 0.15) is 23.6 Å². The summed E-state index contributed by atoms with van der Waals surface area (Å²) in [5.74, 6) is 1.53. The molecule has 0 amide bonds. The lowest BCUT2D eigenvalue weighted by molar-refractivity contribution is 0.382. The van der Waals surface area contributed by atoms with Crippen LogP contribution in [0.3, 0.4) is 0 Å². The molecule has 0 radical (unpaired) electrons. The summed E-state index contributed by atoms with van der Waals surface area (Å²) in [5.41, 5.74) is 10.2. The normalized spacial score (nSPS) is 17.7. The van der Waals surface area contributed by atoms with Gasteiger partial charge in [-0.25, -0.2) is 9.98 Å². The lowest BCUT2D eigenvalue weighted by Crippen LogP contribution is -2.43. The number of hydrogen-bond donors (Lipinski definition) is 4. The van der Waals surface area contributed by atoms with Gasteiger partial charge in [0.1, 0.15) is 12.0 Å². The van der Waals surface area contributed by atoms with Gasteiger partial charge >= 0.3 is 0 Å². The number of benzene rings is 6. The summed E-state index contributed by atoms with van der Waals surface area (Å²) in [6.07, 6.45) is 1.69. The lowest BCUT2D eigenvalue weighted by Gasteiger charge is -2.30. The number of aliphatic imine (C=N–C) groups is 2. The average molecular weight is 648 g/mol. The van der Waals surface area contributed by atoms with Crippen LogP contribution in [-0.2, 0) is 0 Å². The summed E-state index contributed by atoms with van der Waals surface area (Å²) < 4.78 is 2.36. The number of nitrogens with one attached hydrogen (secondary N) is 4. The van der Waals surface area contributed by atoms with E-state index >= 15 is 0 Å². The van der Waals surface area contributed by atoms with Crippen molar-refractivity contribution in [1.29, 1.82) is 0 Å². The zero-order valence-electron chi connectivity index (χ0n) is 27.1. The second-order valence-electron chi connectivity index (χ2n) is 12.9. The van der Waals surface area contributed by atoms with Crippen molar-refractivity contribution in [2.45, 2.75) is 12.5 Å². The van der Waals surface area contributed by atoms with E-state index in [9.17, 15) is 0 Å². The topological polar surface area (TPSA) is 81.5 Å².